The third-order valence-electron chi connectivity index (χ3n) is 2.22. The first-order chi connectivity index (χ1) is 7.74. The van der Waals surface area contributed by atoms with Crippen molar-refractivity contribution in [1.82, 2.24) is 4.90 Å². The molecule has 0 saturated carbocycles. The van der Waals surface area contributed by atoms with Crippen molar-refractivity contribution in [3.05, 3.63) is 59.7 Å². The quantitative estimate of drug-likeness (QED) is 0.685. The van der Waals surface area contributed by atoms with Crippen molar-refractivity contribution in [2.24, 2.45) is 0 Å². The number of aliphatic hydroxyl groups excluding tert-OH is 1. The van der Waals surface area contributed by atoms with Gasteiger partial charge in [-0.2, -0.15) is 24.3 Å². The first kappa shape index (κ1) is 16.1. The Morgan fingerprint density at radius 1 is 1.24 bits per heavy atom. The van der Waals surface area contributed by atoms with E-state index in [0.717, 1.165) is 12.1 Å². The van der Waals surface area contributed by atoms with Crippen LogP contribution in [0, 0.1) is 0 Å². The van der Waals surface area contributed by atoms with E-state index in [2.05, 4.69) is 4.90 Å². The molecule has 2 aromatic carbocycles. The average Bonchev–Trinajstić information content (AvgIpc) is 2.89. The minimum atomic E-state index is 0. The van der Waals surface area contributed by atoms with Gasteiger partial charge in [-0.25, -0.2) is 24.3 Å². The zero-order valence-electron chi connectivity index (χ0n) is 10.3. The van der Waals surface area contributed by atoms with Gasteiger partial charge in [0.15, 0.2) is 0 Å². The number of rotatable bonds is 3. The van der Waals surface area contributed by atoms with E-state index in [9.17, 15) is 0 Å². The van der Waals surface area contributed by atoms with Crippen LogP contribution >= 0.6 is 0 Å². The molecule has 1 N–H and O–H groups in total. The van der Waals surface area contributed by atoms with Crippen LogP contribution in [0.15, 0.2) is 48.5 Å². The van der Waals surface area contributed by atoms with Gasteiger partial charge < -0.3 is 10.0 Å². The van der Waals surface area contributed by atoms with Crippen molar-refractivity contribution in [3.63, 3.8) is 0 Å². The van der Waals surface area contributed by atoms with E-state index in [4.69, 9.17) is 5.11 Å². The molecule has 0 atom stereocenters. The minimum absolute atomic E-state index is 0. The predicted molar refractivity (Wildman–Crippen MR) is 67.4 cm³/mol. The number of nitrogens with zero attached hydrogens (tertiary/aromatic N) is 1. The fourth-order valence-electron chi connectivity index (χ4n) is 1.46. The van der Waals surface area contributed by atoms with Crippen LogP contribution in [-0.4, -0.2) is 24.1 Å². The van der Waals surface area contributed by atoms with Crippen molar-refractivity contribution in [3.8, 4) is 0 Å². The molecule has 0 amide bonds. The fourth-order valence-corrected chi connectivity index (χ4v) is 1.46. The van der Waals surface area contributed by atoms with Gasteiger partial charge in [-0.05, 0) is 20.6 Å². The van der Waals surface area contributed by atoms with E-state index in [1.165, 1.54) is 5.56 Å². The normalized spacial score (nSPS) is 9.41. The van der Waals surface area contributed by atoms with E-state index in [0.29, 0.717) is 0 Å². The number of hydrogen-bond acceptors (Lipinski definition) is 2. The molecular weight excluding hydrogens is 254 g/mol. The maximum absolute atomic E-state index is 8.90. The van der Waals surface area contributed by atoms with Crippen molar-refractivity contribution in [2.45, 2.75) is 13.2 Å². The molecule has 3 heteroatoms. The van der Waals surface area contributed by atoms with Gasteiger partial charge in [0, 0.05) is 6.61 Å². The average molecular weight is 273 g/mol. The Morgan fingerprint density at radius 3 is 2.29 bits per heavy atom. The van der Waals surface area contributed by atoms with E-state index in [1.54, 1.807) is 0 Å². The predicted octanol–water partition coefficient (Wildman–Crippen LogP) is 2.36. The first-order valence-electron chi connectivity index (χ1n) is 5.39. The second-order valence-electron chi connectivity index (χ2n) is 3.93. The summed E-state index contributed by atoms with van der Waals surface area (Å²) in [6.45, 7) is 1.05. The van der Waals surface area contributed by atoms with Crippen molar-refractivity contribution >= 4 is 0 Å². The zero-order valence-corrected chi connectivity index (χ0v) is 11.4. The van der Waals surface area contributed by atoms with Gasteiger partial charge in [0.05, 0.1) is 0 Å². The van der Waals surface area contributed by atoms with Gasteiger partial charge >= 0.3 is 17.1 Å². The fraction of sp³-hybridized carbons (Fsp3) is 0.286. The van der Waals surface area contributed by atoms with E-state index >= 15 is 0 Å². The molecule has 0 fully saturated rings. The Morgan fingerprint density at radius 2 is 1.88 bits per heavy atom. The topological polar surface area (TPSA) is 23.5 Å². The maximum atomic E-state index is 8.90. The Balaban J connectivity index is 0.000000360. The summed E-state index contributed by atoms with van der Waals surface area (Å²) < 4.78 is 0. The molecule has 17 heavy (non-hydrogen) atoms. The third-order valence-corrected chi connectivity index (χ3v) is 2.22. The third kappa shape index (κ3) is 6.44. The summed E-state index contributed by atoms with van der Waals surface area (Å²) in [6.07, 6.45) is 0. The minimum Gasteiger partial charge on any atom is -0.404 e. The second kappa shape index (κ2) is 9.20. The van der Waals surface area contributed by atoms with Crippen LogP contribution < -0.4 is 0 Å². The van der Waals surface area contributed by atoms with Crippen LogP contribution in [0.3, 0.4) is 0 Å². The summed E-state index contributed by atoms with van der Waals surface area (Å²) in [5, 5.41) is 8.90. The second-order valence-corrected chi connectivity index (χ2v) is 3.93. The summed E-state index contributed by atoms with van der Waals surface area (Å²) in [7, 11) is 4.04. The van der Waals surface area contributed by atoms with Gasteiger partial charge in [0.1, 0.15) is 0 Å². The standard InChI is InChI=1S/C9H14NO.C5H5.Fe/c1-10(2)6-8-4-3-5-9(8)7-11;1-2-4-5-3-1;/h3-5,11H,6-7H2,1-2H3;1-5H;/q2*-1;+2. The van der Waals surface area contributed by atoms with Gasteiger partial charge in [0.2, 0.25) is 0 Å². The Labute approximate surface area is 114 Å². The smallest absolute Gasteiger partial charge is 0.404 e. The molecule has 0 saturated heterocycles. The Kier molecular flexibility index (Phi) is 8.73. The molecule has 2 aromatic rings. The summed E-state index contributed by atoms with van der Waals surface area (Å²) in [4.78, 5) is 2.09. The summed E-state index contributed by atoms with van der Waals surface area (Å²) >= 11 is 0. The molecule has 0 unspecified atom stereocenters. The van der Waals surface area contributed by atoms with Crippen LogP contribution in [0.1, 0.15) is 11.1 Å². The van der Waals surface area contributed by atoms with Gasteiger partial charge in [-0.15, -0.1) is 11.1 Å². The van der Waals surface area contributed by atoms with Crippen LogP contribution in [0.4, 0.5) is 0 Å². The van der Waals surface area contributed by atoms with Crippen molar-refractivity contribution < 1.29 is 22.2 Å². The van der Waals surface area contributed by atoms with Gasteiger partial charge in [-0.3, -0.25) is 0 Å². The van der Waals surface area contributed by atoms with Crippen LogP contribution in [0.5, 0.6) is 0 Å². The Hall–Kier alpha value is -0.861. The van der Waals surface area contributed by atoms with Crippen LogP contribution in [0.2, 0.25) is 0 Å². The van der Waals surface area contributed by atoms with Crippen LogP contribution in [0.25, 0.3) is 0 Å². The number of hydrogen-bond donors (Lipinski definition) is 1. The molecule has 0 spiro atoms. The molecular formula is C14H19FeNO. The molecule has 0 aromatic heterocycles. The van der Waals surface area contributed by atoms with E-state index < -0.39 is 0 Å². The molecule has 2 rings (SSSR count). The molecule has 0 aliphatic heterocycles. The molecule has 0 bridgehead atoms. The first-order valence-corrected chi connectivity index (χ1v) is 5.39. The molecule has 0 aliphatic carbocycles. The molecule has 94 valence electrons. The number of aliphatic hydroxyl groups is 1. The van der Waals surface area contributed by atoms with Gasteiger partial charge in [-0.1, -0.05) is 0 Å². The molecule has 0 heterocycles. The Bertz CT molecular complexity index is 348. The SMILES string of the molecule is CN(C)Cc1ccc[c-]1CO.[Fe+2].c1cc[cH-]c1. The van der Waals surface area contributed by atoms with Gasteiger partial charge in [0.25, 0.3) is 0 Å². The summed E-state index contributed by atoms with van der Waals surface area (Å²) in [6, 6.07) is 16.0. The zero-order chi connectivity index (χ0) is 11.8. The van der Waals surface area contributed by atoms with Crippen molar-refractivity contribution in [1.29, 1.82) is 0 Å². The monoisotopic (exact) mass is 273 g/mol. The molecule has 2 nitrogen and oxygen atoms in total. The van der Waals surface area contributed by atoms with Crippen molar-refractivity contribution in [2.75, 3.05) is 14.1 Å². The largest absolute Gasteiger partial charge is 2.00 e. The van der Waals surface area contributed by atoms with E-state index in [1.807, 2.05) is 62.6 Å². The summed E-state index contributed by atoms with van der Waals surface area (Å²) in [5.74, 6) is 0. The summed E-state index contributed by atoms with van der Waals surface area (Å²) in [5.41, 5.74) is 2.26. The molecule has 0 radical (unpaired) electrons. The maximum Gasteiger partial charge on any atom is 2.00 e. The van der Waals surface area contributed by atoms with E-state index in [-0.39, 0.29) is 23.7 Å². The van der Waals surface area contributed by atoms with Crippen LogP contribution in [-0.2, 0) is 30.2 Å². The molecule has 0 aliphatic rings.